The number of anilines is 1. The Balaban J connectivity index is 1.85. The topological polar surface area (TPSA) is 58.2 Å². The third kappa shape index (κ3) is 4.54. The maximum Gasteiger partial charge on any atom is 0.208 e. The van der Waals surface area contributed by atoms with Gasteiger partial charge in [0.1, 0.15) is 0 Å². The van der Waals surface area contributed by atoms with Crippen molar-refractivity contribution in [2.75, 3.05) is 24.7 Å². The Hall–Kier alpha value is -1.59. The second-order valence-electron chi connectivity index (χ2n) is 4.51. The number of hydrogen-bond acceptors (Lipinski definition) is 3. The Morgan fingerprint density at radius 3 is 2.47 bits per heavy atom. The van der Waals surface area contributed by atoms with Crippen molar-refractivity contribution in [2.45, 2.75) is 6.42 Å². The molecule has 4 nitrogen and oxygen atoms in total. The van der Waals surface area contributed by atoms with Gasteiger partial charge in [-0.15, -0.1) is 0 Å². The third-order valence-corrected chi connectivity index (χ3v) is 3.52. The molecule has 0 unspecified atom stereocenters. The molecule has 0 aliphatic carbocycles. The van der Waals surface area contributed by atoms with Crippen LogP contribution in [0.2, 0.25) is 0 Å². The molecule has 0 atom stereocenters. The normalized spacial score (nSPS) is 11.6. The summed E-state index contributed by atoms with van der Waals surface area (Å²) in [6.45, 7) is 1.19. The molecular formula is C14H18N2O2S. The number of benzene rings is 2. The first-order valence-electron chi connectivity index (χ1n) is 6.22. The molecule has 5 heteroatoms. The molecule has 102 valence electrons. The van der Waals surface area contributed by atoms with Gasteiger partial charge in [-0.1, -0.05) is 30.3 Å². The fourth-order valence-corrected chi connectivity index (χ4v) is 2.39. The molecule has 2 N–H and O–H groups in total. The predicted molar refractivity (Wildman–Crippen MR) is 79.9 cm³/mol. The van der Waals surface area contributed by atoms with Crippen LogP contribution in [-0.4, -0.2) is 27.8 Å². The fraction of sp³-hybridized carbons (Fsp3) is 0.286. The average Bonchev–Trinajstić information content (AvgIpc) is 2.37. The molecule has 0 spiro atoms. The van der Waals surface area contributed by atoms with Crippen LogP contribution in [0.5, 0.6) is 0 Å². The van der Waals surface area contributed by atoms with E-state index < -0.39 is 10.0 Å². The highest BCUT2D eigenvalue weighted by Gasteiger charge is 1.99. The molecular weight excluding hydrogens is 260 g/mol. The first-order valence-corrected chi connectivity index (χ1v) is 8.11. The van der Waals surface area contributed by atoms with E-state index in [4.69, 9.17) is 0 Å². The largest absolute Gasteiger partial charge is 0.385 e. The van der Waals surface area contributed by atoms with E-state index in [-0.39, 0.29) is 0 Å². The number of nitrogens with one attached hydrogen (secondary N) is 2. The van der Waals surface area contributed by atoms with Gasteiger partial charge in [0.15, 0.2) is 0 Å². The molecule has 2 rings (SSSR count). The molecule has 0 bridgehead atoms. The Morgan fingerprint density at radius 2 is 1.74 bits per heavy atom. The minimum absolute atomic E-state index is 0.458. The minimum atomic E-state index is -3.08. The number of fused-ring (bicyclic) bond motifs is 1. The van der Waals surface area contributed by atoms with Crippen molar-refractivity contribution in [2.24, 2.45) is 0 Å². The number of rotatable bonds is 6. The molecule has 0 heterocycles. The summed E-state index contributed by atoms with van der Waals surface area (Å²) < 4.78 is 24.2. The number of hydrogen-bond donors (Lipinski definition) is 2. The SMILES string of the molecule is CS(=O)(=O)NCCCNc1ccc2ccccc2c1. The minimum Gasteiger partial charge on any atom is -0.385 e. The van der Waals surface area contributed by atoms with Gasteiger partial charge in [-0.2, -0.15) is 0 Å². The van der Waals surface area contributed by atoms with Gasteiger partial charge in [0, 0.05) is 18.8 Å². The molecule has 0 saturated heterocycles. The Labute approximate surface area is 113 Å². The highest BCUT2D eigenvalue weighted by molar-refractivity contribution is 7.88. The van der Waals surface area contributed by atoms with E-state index in [1.807, 2.05) is 18.2 Å². The van der Waals surface area contributed by atoms with Crippen molar-refractivity contribution in [3.05, 3.63) is 42.5 Å². The van der Waals surface area contributed by atoms with Crippen LogP contribution in [0, 0.1) is 0 Å². The highest BCUT2D eigenvalue weighted by atomic mass is 32.2. The quantitative estimate of drug-likeness (QED) is 0.796. The lowest BCUT2D eigenvalue weighted by molar-refractivity contribution is 0.586. The van der Waals surface area contributed by atoms with Gasteiger partial charge in [-0.25, -0.2) is 13.1 Å². The van der Waals surface area contributed by atoms with Crippen molar-refractivity contribution in [3.63, 3.8) is 0 Å². The summed E-state index contributed by atoms with van der Waals surface area (Å²) in [6.07, 6.45) is 1.92. The zero-order chi connectivity index (χ0) is 13.7. The second-order valence-corrected chi connectivity index (χ2v) is 6.34. The van der Waals surface area contributed by atoms with E-state index in [9.17, 15) is 8.42 Å². The van der Waals surface area contributed by atoms with E-state index in [1.54, 1.807) is 0 Å². The first kappa shape index (κ1) is 13.8. The maximum atomic E-state index is 10.9. The molecule has 0 amide bonds. The van der Waals surface area contributed by atoms with Crippen molar-refractivity contribution in [3.8, 4) is 0 Å². The first-order chi connectivity index (χ1) is 9.04. The van der Waals surface area contributed by atoms with Crippen LogP contribution in [0.4, 0.5) is 5.69 Å². The van der Waals surface area contributed by atoms with E-state index in [0.717, 1.165) is 18.7 Å². The van der Waals surface area contributed by atoms with Crippen LogP contribution in [0.3, 0.4) is 0 Å². The predicted octanol–water partition coefficient (Wildman–Crippen LogP) is 2.19. The molecule has 2 aromatic rings. The van der Waals surface area contributed by atoms with Gasteiger partial charge < -0.3 is 5.32 Å². The third-order valence-electron chi connectivity index (χ3n) is 2.80. The standard InChI is InChI=1S/C14H18N2O2S/c1-19(17,18)16-10-4-9-15-14-8-7-12-5-2-3-6-13(12)11-14/h2-3,5-8,11,15-16H,4,9-10H2,1H3. The summed E-state index contributed by atoms with van der Waals surface area (Å²) in [7, 11) is -3.08. The summed E-state index contributed by atoms with van der Waals surface area (Å²) in [5, 5.41) is 5.70. The van der Waals surface area contributed by atoms with Crippen LogP contribution in [0.15, 0.2) is 42.5 Å². The Bertz CT molecular complexity index is 653. The molecule has 0 aliphatic rings. The Kier molecular flexibility index (Phi) is 4.39. The highest BCUT2D eigenvalue weighted by Crippen LogP contribution is 2.18. The van der Waals surface area contributed by atoms with Gasteiger partial charge >= 0.3 is 0 Å². The molecule has 0 aromatic heterocycles. The van der Waals surface area contributed by atoms with Crippen LogP contribution in [0.1, 0.15) is 6.42 Å². The monoisotopic (exact) mass is 278 g/mol. The summed E-state index contributed by atoms with van der Waals surface area (Å²) in [6, 6.07) is 14.4. The Morgan fingerprint density at radius 1 is 1.00 bits per heavy atom. The van der Waals surface area contributed by atoms with Crippen LogP contribution < -0.4 is 10.0 Å². The molecule has 19 heavy (non-hydrogen) atoms. The van der Waals surface area contributed by atoms with Crippen molar-refractivity contribution < 1.29 is 8.42 Å². The zero-order valence-electron chi connectivity index (χ0n) is 10.9. The number of sulfonamides is 1. The lowest BCUT2D eigenvalue weighted by Gasteiger charge is -2.08. The molecule has 2 aromatic carbocycles. The van der Waals surface area contributed by atoms with Gasteiger partial charge in [-0.05, 0) is 29.3 Å². The van der Waals surface area contributed by atoms with Gasteiger partial charge in [0.25, 0.3) is 0 Å². The lowest BCUT2D eigenvalue weighted by atomic mass is 10.1. The van der Waals surface area contributed by atoms with Crippen molar-refractivity contribution in [1.82, 2.24) is 4.72 Å². The zero-order valence-corrected chi connectivity index (χ0v) is 11.7. The van der Waals surface area contributed by atoms with E-state index in [2.05, 4.69) is 34.3 Å². The fourth-order valence-electron chi connectivity index (χ4n) is 1.88. The lowest BCUT2D eigenvalue weighted by Crippen LogP contribution is -2.24. The molecule has 0 radical (unpaired) electrons. The molecule has 0 aliphatic heterocycles. The second kappa shape index (κ2) is 6.04. The molecule has 0 saturated carbocycles. The van der Waals surface area contributed by atoms with Crippen LogP contribution in [0.25, 0.3) is 10.8 Å². The van der Waals surface area contributed by atoms with Crippen molar-refractivity contribution in [1.29, 1.82) is 0 Å². The van der Waals surface area contributed by atoms with Gasteiger partial charge in [0.05, 0.1) is 6.26 Å². The van der Waals surface area contributed by atoms with Crippen LogP contribution in [-0.2, 0) is 10.0 Å². The van der Waals surface area contributed by atoms with E-state index >= 15 is 0 Å². The smallest absolute Gasteiger partial charge is 0.208 e. The van der Waals surface area contributed by atoms with E-state index in [1.165, 1.54) is 17.0 Å². The van der Waals surface area contributed by atoms with Crippen molar-refractivity contribution >= 4 is 26.5 Å². The summed E-state index contributed by atoms with van der Waals surface area (Å²) in [4.78, 5) is 0. The summed E-state index contributed by atoms with van der Waals surface area (Å²) in [5.74, 6) is 0. The van der Waals surface area contributed by atoms with Gasteiger partial charge in [0.2, 0.25) is 10.0 Å². The van der Waals surface area contributed by atoms with Gasteiger partial charge in [-0.3, -0.25) is 0 Å². The maximum absolute atomic E-state index is 10.9. The summed E-state index contributed by atoms with van der Waals surface area (Å²) >= 11 is 0. The molecule has 0 fully saturated rings. The average molecular weight is 278 g/mol. The van der Waals surface area contributed by atoms with E-state index in [0.29, 0.717) is 6.54 Å². The van der Waals surface area contributed by atoms with Crippen LogP contribution >= 0.6 is 0 Å². The summed E-state index contributed by atoms with van der Waals surface area (Å²) in [5.41, 5.74) is 1.05.